The average molecular weight is 330 g/mol. The molecule has 0 amide bonds. The van der Waals surface area contributed by atoms with Crippen LogP contribution in [-0.2, 0) is 11.0 Å². The van der Waals surface area contributed by atoms with Crippen LogP contribution in [0.1, 0.15) is 44.6 Å². The molecule has 2 heterocycles. The van der Waals surface area contributed by atoms with Crippen molar-refractivity contribution in [2.24, 2.45) is 0 Å². The SMILES string of the molecule is CC(C)(O)c1cccn2c(C(C)(C)c3ccc(Cl)cc3)nnc12. The van der Waals surface area contributed by atoms with E-state index in [9.17, 15) is 5.11 Å². The van der Waals surface area contributed by atoms with Gasteiger partial charge in [0.05, 0.1) is 11.0 Å². The van der Waals surface area contributed by atoms with Crippen LogP contribution in [0.4, 0.5) is 0 Å². The molecule has 5 heteroatoms. The third-order valence-corrected chi connectivity index (χ3v) is 4.47. The lowest BCUT2D eigenvalue weighted by Gasteiger charge is -2.24. The number of rotatable bonds is 3. The minimum atomic E-state index is -0.975. The Labute approximate surface area is 140 Å². The third kappa shape index (κ3) is 2.73. The maximum atomic E-state index is 10.4. The van der Waals surface area contributed by atoms with Crippen LogP contribution in [0.5, 0.6) is 0 Å². The van der Waals surface area contributed by atoms with Gasteiger partial charge in [-0.15, -0.1) is 10.2 Å². The second-order valence-corrected chi connectivity index (χ2v) is 7.27. The number of pyridine rings is 1. The van der Waals surface area contributed by atoms with Crippen LogP contribution in [0.3, 0.4) is 0 Å². The van der Waals surface area contributed by atoms with Gasteiger partial charge in [-0.25, -0.2) is 0 Å². The normalized spacial score (nSPS) is 12.8. The molecule has 2 aromatic heterocycles. The second-order valence-electron chi connectivity index (χ2n) is 6.83. The van der Waals surface area contributed by atoms with E-state index in [1.54, 1.807) is 13.8 Å². The maximum Gasteiger partial charge on any atom is 0.166 e. The van der Waals surface area contributed by atoms with E-state index in [-0.39, 0.29) is 5.41 Å². The predicted molar refractivity (Wildman–Crippen MR) is 91.8 cm³/mol. The fraction of sp³-hybridized carbons (Fsp3) is 0.333. The molecule has 0 saturated heterocycles. The van der Waals surface area contributed by atoms with Crippen LogP contribution < -0.4 is 0 Å². The lowest BCUT2D eigenvalue weighted by atomic mass is 9.84. The summed E-state index contributed by atoms with van der Waals surface area (Å²) in [6, 6.07) is 11.6. The molecular formula is C18H20ClN3O. The molecule has 3 rings (SSSR count). The molecule has 0 aliphatic carbocycles. The number of aromatic nitrogens is 3. The van der Waals surface area contributed by atoms with Gasteiger partial charge in [0.2, 0.25) is 0 Å². The van der Waals surface area contributed by atoms with Gasteiger partial charge in [-0.1, -0.05) is 29.8 Å². The van der Waals surface area contributed by atoms with Crippen LogP contribution in [0.15, 0.2) is 42.6 Å². The van der Waals surface area contributed by atoms with Crippen molar-refractivity contribution in [3.8, 4) is 0 Å². The molecule has 0 aliphatic rings. The van der Waals surface area contributed by atoms with Crippen molar-refractivity contribution >= 4 is 17.2 Å². The van der Waals surface area contributed by atoms with E-state index < -0.39 is 5.60 Å². The number of nitrogens with zero attached hydrogens (tertiary/aromatic N) is 3. The molecule has 0 unspecified atom stereocenters. The monoisotopic (exact) mass is 329 g/mol. The van der Waals surface area contributed by atoms with Gasteiger partial charge < -0.3 is 5.11 Å². The van der Waals surface area contributed by atoms with E-state index in [2.05, 4.69) is 24.0 Å². The summed E-state index contributed by atoms with van der Waals surface area (Å²) in [6.45, 7) is 7.70. The van der Waals surface area contributed by atoms with E-state index in [1.165, 1.54) is 0 Å². The zero-order valence-corrected chi connectivity index (χ0v) is 14.5. The van der Waals surface area contributed by atoms with Gasteiger partial charge in [-0.3, -0.25) is 4.40 Å². The molecule has 0 aliphatic heterocycles. The van der Waals surface area contributed by atoms with Gasteiger partial charge in [0.15, 0.2) is 5.65 Å². The molecular weight excluding hydrogens is 310 g/mol. The summed E-state index contributed by atoms with van der Waals surface area (Å²) >= 11 is 5.99. The first kappa shape index (κ1) is 16.0. The van der Waals surface area contributed by atoms with Crippen molar-refractivity contribution in [3.63, 3.8) is 0 Å². The first-order valence-electron chi connectivity index (χ1n) is 7.54. The minimum Gasteiger partial charge on any atom is -0.386 e. The first-order valence-corrected chi connectivity index (χ1v) is 7.92. The van der Waals surface area contributed by atoms with Crippen molar-refractivity contribution in [1.29, 1.82) is 0 Å². The standard InChI is InChI=1S/C18H20ClN3O/c1-17(2,12-7-9-13(19)10-8-12)16-21-20-15-14(18(3,4)23)6-5-11-22(15)16/h5-11,23H,1-4H3. The van der Waals surface area contributed by atoms with Crippen molar-refractivity contribution < 1.29 is 5.11 Å². The zero-order valence-electron chi connectivity index (χ0n) is 13.7. The molecule has 1 N–H and O–H groups in total. The van der Waals surface area contributed by atoms with Gasteiger partial charge in [-0.2, -0.15) is 0 Å². The number of halogens is 1. The molecule has 3 aromatic rings. The third-order valence-electron chi connectivity index (χ3n) is 4.22. The Hall–Kier alpha value is -1.91. The topological polar surface area (TPSA) is 50.4 Å². The number of fused-ring (bicyclic) bond motifs is 1. The van der Waals surface area contributed by atoms with Gasteiger partial charge in [0.25, 0.3) is 0 Å². The van der Waals surface area contributed by atoms with E-state index in [0.717, 1.165) is 17.0 Å². The van der Waals surface area contributed by atoms with Crippen LogP contribution in [0.2, 0.25) is 5.02 Å². The summed E-state index contributed by atoms with van der Waals surface area (Å²) in [5.41, 5.74) is 1.21. The summed E-state index contributed by atoms with van der Waals surface area (Å²) < 4.78 is 1.95. The highest BCUT2D eigenvalue weighted by atomic mass is 35.5. The fourth-order valence-electron chi connectivity index (χ4n) is 2.82. The highest BCUT2D eigenvalue weighted by molar-refractivity contribution is 6.30. The lowest BCUT2D eigenvalue weighted by molar-refractivity contribution is 0.0796. The van der Waals surface area contributed by atoms with Crippen molar-refractivity contribution in [3.05, 3.63) is 64.6 Å². The van der Waals surface area contributed by atoms with Crippen LogP contribution in [0, 0.1) is 0 Å². The molecule has 23 heavy (non-hydrogen) atoms. The predicted octanol–water partition coefficient (Wildman–Crippen LogP) is 3.94. The number of hydrogen-bond acceptors (Lipinski definition) is 3. The maximum absolute atomic E-state index is 10.4. The molecule has 0 fully saturated rings. The van der Waals surface area contributed by atoms with Gasteiger partial charge in [-0.05, 0) is 51.5 Å². The Kier molecular flexibility index (Phi) is 3.69. The van der Waals surface area contributed by atoms with Crippen LogP contribution in [-0.4, -0.2) is 19.7 Å². The molecule has 0 saturated carbocycles. The smallest absolute Gasteiger partial charge is 0.166 e. The molecule has 0 radical (unpaired) electrons. The Morgan fingerprint density at radius 2 is 1.65 bits per heavy atom. The molecule has 0 spiro atoms. The molecule has 4 nitrogen and oxygen atoms in total. The lowest BCUT2D eigenvalue weighted by Crippen LogP contribution is -2.23. The molecule has 1 aromatic carbocycles. The van der Waals surface area contributed by atoms with Crippen molar-refractivity contribution in [2.45, 2.75) is 38.7 Å². The Bertz CT molecular complexity index is 845. The summed E-state index contributed by atoms with van der Waals surface area (Å²) in [6.07, 6.45) is 1.93. The van der Waals surface area contributed by atoms with Gasteiger partial charge in [0.1, 0.15) is 5.82 Å². The summed E-state index contributed by atoms with van der Waals surface area (Å²) in [5.74, 6) is 0.820. The number of benzene rings is 1. The van der Waals surface area contributed by atoms with Crippen LogP contribution >= 0.6 is 11.6 Å². The second kappa shape index (κ2) is 5.32. The Morgan fingerprint density at radius 3 is 2.26 bits per heavy atom. The number of hydrogen-bond donors (Lipinski definition) is 1. The van der Waals surface area contributed by atoms with Gasteiger partial charge in [0, 0.05) is 16.8 Å². The molecule has 120 valence electrons. The van der Waals surface area contributed by atoms with Crippen molar-refractivity contribution in [2.75, 3.05) is 0 Å². The zero-order chi connectivity index (χ0) is 16.8. The fourth-order valence-corrected chi connectivity index (χ4v) is 2.94. The van der Waals surface area contributed by atoms with E-state index in [0.29, 0.717) is 10.7 Å². The molecule has 0 atom stereocenters. The minimum absolute atomic E-state index is 0.345. The van der Waals surface area contributed by atoms with Crippen LogP contribution in [0.25, 0.3) is 5.65 Å². The number of aliphatic hydroxyl groups is 1. The molecule has 0 bridgehead atoms. The summed E-state index contributed by atoms with van der Waals surface area (Å²) in [5, 5.41) is 19.8. The summed E-state index contributed by atoms with van der Waals surface area (Å²) in [7, 11) is 0. The van der Waals surface area contributed by atoms with E-state index >= 15 is 0 Å². The largest absolute Gasteiger partial charge is 0.386 e. The Morgan fingerprint density at radius 1 is 1.00 bits per heavy atom. The van der Waals surface area contributed by atoms with Gasteiger partial charge >= 0.3 is 0 Å². The Balaban J connectivity index is 2.19. The highest BCUT2D eigenvalue weighted by Gasteiger charge is 2.30. The first-order chi connectivity index (χ1) is 10.7. The van der Waals surface area contributed by atoms with E-state index in [4.69, 9.17) is 11.6 Å². The van der Waals surface area contributed by atoms with E-state index in [1.807, 2.05) is 47.0 Å². The average Bonchev–Trinajstić information content (AvgIpc) is 2.91. The summed E-state index contributed by atoms with van der Waals surface area (Å²) in [4.78, 5) is 0. The quantitative estimate of drug-likeness (QED) is 0.792. The highest BCUT2D eigenvalue weighted by Crippen LogP contribution is 2.32. The van der Waals surface area contributed by atoms with Crippen molar-refractivity contribution in [1.82, 2.24) is 14.6 Å².